The molecule has 0 radical (unpaired) electrons. The molecule has 0 bridgehead atoms. The molecular weight excluding hydrogens is 262 g/mol. The summed E-state index contributed by atoms with van der Waals surface area (Å²) < 4.78 is 23.3. The van der Waals surface area contributed by atoms with E-state index in [1.165, 1.54) is 0 Å². The highest BCUT2D eigenvalue weighted by Gasteiger charge is 2.40. The number of sulfone groups is 1. The maximum Gasteiger partial charge on any atom is 0.150 e. The fourth-order valence-corrected chi connectivity index (χ4v) is 4.33. The zero-order valence-electron chi connectivity index (χ0n) is 12.6. The molecule has 0 unspecified atom stereocenters. The van der Waals surface area contributed by atoms with Crippen LogP contribution in [0.1, 0.15) is 26.2 Å². The van der Waals surface area contributed by atoms with E-state index in [0.29, 0.717) is 19.4 Å². The molecule has 0 aromatic rings. The van der Waals surface area contributed by atoms with Crippen LogP contribution in [0.5, 0.6) is 0 Å². The molecule has 0 saturated carbocycles. The first-order chi connectivity index (χ1) is 8.85. The zero-order valence-corrected chi connectivity index (χ0v) is 13.4. The van der Waals surface area contributed by atoms with Gasteiger partial charge in [-0.15, -0.1) is 0 Å². The molecule has 0 amide bonds. The number of nitrogens with zero attached hydrogens (tertiary/aromatic N) is 2. The fourth-order valence-electron chi connectivity index (χ4n) is 2.74. The van der Waals surface area contributed by atoms with Crippen LogP contribution >= 0.6 is 0 Å². The molecule has 0 aromatic heterocycles. The van der Waals surface area contributed by atoms with Crippen molar-refractivity contribution in [2.24, 2.45) is 5.73 Å². The van der Waals surface area contributed by atoms with Gasteiger partial charge in [0.05, 0.1) is 11.5 Å². The van der Waals surface area contributed by atoms with Crippen LogP contribution in [0, 0.1) is 0 Å². The van der Waals surface area contributed by atoms with Crippen LogP contribution in [-0.4, -0.2) is 75.5 Å². The minimum atomic E-state index is -2.84. The van der Waals surface area contributed by atoms with Gasteiger partial charge in [0.2, 0.25) is 0 Å². The van der Waals surface area contributed by atoms with Crippen LogP contribution in [-0.2, 0) is 9.84 Å². The summed E-state index contributed by atoms with van der Waals surface area (Å²) in [7, 11) is 1.28. The van der Waals surface area contributed by atoms with E-state index in [2.05, 4.69) is 30.8 Å². The van der Waals surface area contributed by atoms with Gasteiger partial charge in [0.1, 0.15) is 9.84 Å². The van der Waals surface area contributed by atoms with Crippen molar-refractivity contribution >= 4 is 9.84 Å². The van der Waals surface area contributed by atoms with Gasteiger partial charge in [-0.3, -0.25) is 4.90 Å². The van der Waals surface area contributed by atoms with E-state index in [0.717, 1.165) is 26.1 Å². The highest BCUT2D eigenvalue weighted by Crippen LogP contribution is 2.29. The molecule has 0 aromatic carbocycles. The Morgan fingerprint density at radius 2 is 1.68 bits per heavy atom. The highest BCUT2D eigenvalue weighted by atomic mass is 32.2. The molecule has 1 heterocycles. The van der Waals surface area contributed by atoms with Crippen molar-refractivity contribution < 1.29 is 8.42 Å². The lowest BCUT2D eigenvalue weighted by atomic mass is 9.89. The number of hydrogen-bond donors (Lipinski definition) is 1. The van der Waals surface area contributed by atoms with Gasteiger partial charge < -0.3 is 10.6 Å². The number of hydrogen-bond acceptors (Lipinski definition) is 5. The summed E-state index contributed by atoms with van der Waals surface area (Å²) >= 11 is 0. The van der Waals surface area contributed by atoms with Crippen molar-refractivity contribution in [1.29, 1.82) is 0 Å². The third-order valence-electron chi connectivity index (χ3n) is 4.12. The normalized spacial score (nSPS) is 22.0. The summed E-state index contributed by atoms with van der Waals surface area (Å²) in [5.74, 6) is 0.568. The van der Waals surface area contributed by atoms with Crippen molar-refractivity contribution in [3.8, 4) is 0 Å². The highest BCUT2D eigenvalue weighted by molar-refractivity contribution is 7.91. The average molecular weight is 291 g/mol. The second kappa shape index (κ2) is 7.02. The van der Waals surface area contributed by atoms with Crippen molar-refractivity contribution in [2.75, 3.05) is 51.8 Å². The molecule has 1 fully saturated rings. The standard InChI is InChI=1S/C13H29N3O2S/c1-4-7-16(9-8-15(2)3)13(12-14)5-10-19(17,18)11-6-13/h4-12,14H2,1-3H3. The van der Waals surface area contributed by atoms with Gasteiger partial charge in [-0.2, -0.15) is 0 Å². The van der Waals surface area contributed by atoms with Crippen molar-refractivity contribution in [1.82, 2.24) is 9.80 Å². The molecule has 5 nitrogen and oxygen atoms in total. The monoisotopic (exact) mass is 291 g/mol. The van der Waals surface area contributed by atoms with Gasteiger partial charge >= 0.3 is 0 Å². The maximum absolute atomic E-state index is 11.6. The summed E-state index contributed by atoms with van der Waals surface area (Å²) in [6.45, 7) is 5.64. The van der Waals surface area contributed by atoms with E-state index in [9.17, 15) is 8.42 Å². The lowest BCUT2D eigenvalue weighted by Gasteiger charge is -2.46. The molecule has 2 N–H and O–H groups in total. The van der Waals surface area contributed by atoms with Gasteiger partial charge in [-0.1, -0.05) is 6.92 Å². The second-order valence-corrected chi connectivity index (χ2v) is 8.17. The lowest BCUT2D eigenvalue weighted by molar-refractivity contribution is 0.0754. The molecule has 0 atom stereocenters. The smallest absolute Gasteiger partial charge is 0.150 e. The van der Waals surface area contributed by atoms with Crippen molar-refractivity contribution in [3.05, 3.63) is 0 Å². The van der Waals surface area contributed by atoms with E-state index in [4.69, 9.17) is 5.73 Å². The van der Waals surface area contributed by atoms with Gasteiger partial charge in [0.25, 0.3) is 0 Å². The van der Waals surface area contributed by atoms with Gasteiger partial charge in [-0.05, 0) is 39.9 Å². The van der Waals surface area contributed by atoms with Crippen LogP contribution in [0.4, 0.5) is 0 Å². The molecule has 1 aliphatic rings. The Morgan fingerprint density at radius 1 is 1.11 bits per heavy atom. The van der Waals surface area contributed by atoms with Crippen LogP contribution < -0.4 is 5.73 Å². The van der Waals surface area contributed by atoms with E-state index in [1.54, 1.807) is 0 Å². The van der Waals surface area contributed by atoms with Crippen molar-refractivity contribution in [3.63, 3.8) is 0 Å². The lowest BCUT2D eigenvalue weighted by Crippen LogP contribution is -2.59. The van der Waals surface area contributed by atoms with Crippen LogP contribution in [0.3, 0.4) is 0 Å². The number of rotatable bonds is 7. The van der Waals surface area contributed by atoms with E-state index >= 15 is 0 Å². The van der Waals surface area contributed by atoms with Gasteiger partial charge in [-0.25, -0.2) is 8.42 Å². The van der Waals surface area contributed by atoms with E-state index in [1.807, 2.05) is 0 Å². The zero-order chi connectivity index (χ0) is 14.5. The Morgan fingerprint density at radius 3 is 2.11 bits per heavy atom. The molecule has 114 valence electrons. The summed E-state index contributed by atoms with van der Waals surface area (Å²) in [5, 5.41) is 0. The summed E-state index contributed by atoms with van der Waals surface area (Å²) in [5.41, 5.74) is 5.90. The number of likely N-dealkylation sites (N-methyl/N-ethyl adjacent to an activating group) is 1. The Labute approximate surface area is 118 Å². The Bertz CT molecular complexity index is 354. The molecular formula is C13H29N3O2S. The Hall–Kier alpha value is -0.170. The molecule has 0 spiro atoms. The summed E-state index contributed by atoms with van der Waals surface area (Å²) in [6.07, 6.45) is 2.43. The van der Waals surface area contributed by atoms with Crippen LogP contribution in [0.25, 0.3) is 0 Å². The van der Waals surface area contributed by atoms with Crippen LogP contribution in [0.15, 0.2) is 0 Å². The van der Waals surface area contributed by atoms with E-state index < -0.39 is 9.84 Å². The van der Waals surface area contributed by atoms with Gasteiger partial charge in [0.15, 0.2) is 0 Å². The molecule has 19 heavy (non-hydrogen) atoms. The molecule has 0 aliphatic carbocycles. The van der Waals surface area contributed by atoms with Crippen molar-refractivity contribution in [2.45, 2.75) is 31.7 Å². The third kappa shape index (κ3) is 4.70. The molecule has 1 saturated heterocycles. The molecule has 1 aliphatic heterocycles. The maximum atomic E-state index is 11.6. The Kier molecular flexibility index (Phi) is 6.23. The molecule has 6 heteroatoms. The predicted molar refractivity (Wildman–Crippen MR) is 80.1 cm³/mol. The summed E-state index contributed by atoms with van der Waals surface area (Å²) in [4.78, 5) is 4.58. The van der Waals surface area contributed by atoms with E-state index in [-0.39, 0.29) is 17.0 Å². The molecule has 1 rings (SSSR count). The second-order valence-electron chi connectivity index (χ2n) is 5.87. The van der Waals surface area contributed by atoms with Crippen LogP contribution in [0.2, 0.25) is 0 Å². The minimum absolute atomic E-state index is 0.114. The SMILES string of the molecule is CCCN(CCN(C)C)C1(CN)CCS(=O)(=O)CC1. The number of nitrogens with two attached hydrogens (primary N) is 1. The first-order valence-corrected chi connectivity index (χ1v) is 8.97. The van der Waals surface area contributed by atoms with Gasteiger partial charge in [0, 0.05) is 25.2 Å². The predicted octanol–water partition coefficient (Wildman–Crippen LogP) is 0.166. The first kappa shape index (κ1) is 16.9. The topological polar surface area (TPSA) is 66.6 Å². The average Bonchev–Trinajstić information content (AvgIpc) is 2.35. The summed E-state index contributed by atoms with van der Waals surface area (Å²) in [6, 6.07) is 0. The first-order valence-electron chi connectivity index (χ1n) is 7.15. The Balaban J connectivity index is 2.77. The minimum Gasteiger partial charge on any atom is -0.329 e. The fraction of sp³-hybridized carbons (Fsp3) is 1.00. The largest absolute Gasteiger partial charge is 0.329 e. The quantitative estimate of drug-likeness (QED) is 0.724. The third-order valence-corrected chi connectivity index (χ3v) is 5.77.